The van der Waals surface area contributed by atoms with Gasteiger partial charge >= 0.3 is 11.9 Å². The van der Waals surface area contributed by atoms with Crippen molar-refractivity contribution in [2.24, 2.45) is 0 Å². The van der Waals surface area contributed by atoms with E-state index < -0.39 is 5.97 Å². The summed E-state index contributed by atoms with van der Waals surface area (Å²) >= 11 is 3.22. The quantitative estimate of drug-likeness (QED) is 0.587. The number of aromatic nitrogens is 1. The van der Waals surface area contributed by atoms with Gasteiger partial charge in [0.15, 0.2) is 3.01 Å². The van der Waals surface area contributed by atoms with Crippen LogP contribution >= 0.6 is 33.9 Å². The molecule has 1 aromatic heterocycles. The van der Waals surface area contributed by atoms with Crippen LogP contribution in [0, 0.1) is 3.01 Å². The average molecular weight is 369 g/mol. The zero-order chi connectivity index (χ0) is 12.8. The molecule has 0 aromatic carbocycles. The summed E-state index contributed by atoms with van der Waals surface area (Å²) in [5.74, 6) is -0.827. The summed E-state index contributed by atoms with van der Waals surface area (Å²) < 4.78 is 10.4. The van der Waals surface area contributed by atoms with E-state index in [-0.39, 0.29) is 12.4 Å². The first-order valence-electron chi connectivity index (χ1n) is 5.06. The first kappa shape index (κ1) is 14.4. The van der Waals surface area contributed by atoms with E-state index in [0.29, 0.717) is 26.8 Å². The third kappa shape index (κ3) is 4.23. The summed E-state index contributed by atoms with van der Waals surface area (Å²) in [6.45, 7) is 4.07. The summed E-state index contributed by atoms with van der Waals surface area (Å²) in [5, 5.41) is 0. The van der Waals surface area contributed by atoms with Crippen molar-refractivity contribution in [3.8, 4) is 0 Å². The van der Waals surface area contributed by atoms with E-state index in [4.69, 9.17) is 9.47 Å². The lowest BCUT2D eigenvalue weighted by Crippen LogP contribution is -2.12. The Morgan fingerprint density at radius 3 is 2.53 bits per heavy atom. The SMILES string of the molecule is CCOC(=O)Cc1nc(I)sc1C(=O)OCC. The molecule has 0 spiro atoms. The highest BCUT2D eigenvalue weighted by Crippen LogP contribution is 2.22. The van der Waals surface area contributed by atoms with E-state index >= 15 is 0 Å². The molecule has 7 heteroatoms. The monoisotopic (exact) mass is 369 g/mol. The fourth-order valence-electron chi connectivity index (χ4n) is 1.15. The lowest BCUT2D eigenvalue weighted by molar-refractivity contribution is -0.142. The average Bonchev–Trinajstić information content (AvgIpc) is 2.60. The molecule has 0 N–H and O–H groups in total. The second-order valence-electron chi connectivity index (χ2n) is 2.94. The number of thiazole rings is 1. The first-order valence-corrected chi connectivity index (χ1v) is 6.95. The third-order valence-electron chi connectivity index (χ3n) is 1.75. The molecule has 17 heavy (non-hydrogen) atoms. The number of carbonyl (C=O) groups is 2. The molecule has 1 aromatic rings. The molecule has 0 saturated heterocycles. The highest BCUT2D eigenvalue weighted by Gasteiger charge is 2.20. The zero-order valence-corrected chi connectivity index (χ0v) is 12.5. The molecule has 0 fully saturated rings. The molecule has 0 aliphatic carbocycles. The van der Waals surface area contributed by atoms with Crippen LogP contribution in [0.4, 0.5) is 0 Å². The maximum absolute atomic E-state index is 11.6. The number of rotatable bonds is 5. The van der Waals surface area contributed by atoms with Crippen LogP contribution in [0.1, 0.15) is 29.2 Å². The second kappa shape index (κ2) is 6.90. The second-order valence-corrected chi connectivity index (χ2v) is 5.70. The van der Waals surface area contributed by atoms with Gasteiger partial charge in [-0.1, -0.05) is 0 Å². The zero-order valence-electron chi connectivity index (χ0n) is 9.49. The molecular formula is C10H12INO4S. The molecule has 0 saturated carbocycles. The molecule has 0 aliphatic rings. The summed E-state index contributed by atoms with van der Waals surface area (Å²) in [5.41, 5.74) is 0.427. The first-order chi connectivity index (χ1) is 8.08. The van der Waals surface area contributed by atoms with Gasteiger partial charge in [-0.3, -0.25) is 4.79 Å². The molecule has 1 rings (SSSR count). The Balaban J connectivity index is 2.84. The van der Waals surface area contributed by atoms with Gasteiger partial charge in [-0.25, -0.2) is 9.78 Å². The van der Waals surface area contributed by atoms with Gasteiger partial charge in [-0.15, -0.1) is 11.3 Å². The highest BCUT2D eigenvalue weighted by molar-refractivity contribution is 14.1. The number of esters is 2. The van der Waals surface area contributed by atoms with E-state index in [9.17, 15) is 9.59 Å². The Labute approximate surface area is 117 Å². The molecule has 94 valence electrons. The van der Waals surface area contributed by atoms with Crippen LogP contribution in [-0.2, 0) is 20.7 Å². The fourth-order valence-corrected chi connectivity index (χ4v) is 2.80. The molecule has 0 radical (unpaired) electrons. The highest BCUT2D eigenvalue weighted by atomic mass is 127. The normalized spacial score (nSPS) is 10.1. The standard InChI is InChI=1S/C10H12INO4S/c1-3-15-7(13)5-6-8(9(14)16-4-2)17-10(11)12-6/h3-5H2,1-2H3. The predicted molar refractivity (Wildman–Crippen MR) is 71.1 cm³/mol. The van der Waals surface area contributed by atoms with Crippen LogP contribution in [-0.4, -0.2) is 30.1 Å². The van der Waals surface area contributed by atoms with E-state index in [0.717, 1.165) is 0 Å². The molecule has 0 amide bonds. The Morgan fingerprint density at radius 2 is 1.94 bits per heavy atom. The van der Waals surface area contributed by atoms with Crippen molar-refractivity contribution in [3.63, 3.8) is 0 Å². The number of hydrogen-bond donors (Lipinski definition) is 0. The molecule has 0 unspecified atom stereocenters. The van der Waals surface area contributed by atoms with Crippen LogP contribution in [0.2, 0.25) is 0 Å². The minimum atomic E-state index is -0.438. The molecule has 1 heterocycles. The summed E-state index contributed by atoms with van der Waals surface area (Å²) in [7, 11) is 0. The number of halogens is 1. The van der Waals surface area contributed by atoms with Crippen LogP contribution in [0.15, 0.2) is 0 Å². The van der Waals surface area contributed by atoms with Gasteiger partial charge in [-0.2, -0.15) is 0 Å². The van der Waals surface area contributed by atoms with E-state index in [1.165, 1.54) is 11.3 Å². The van der Waals surface area contributed by atoms with E-state index in [2.05, 4.69) is 4.98 Å². The summed E-state index contributed by atoms with van der Waals surface area (Å²) in [4.78, 5) is 27.5. The van der Waals surface area contributed by atoms with Crippen LogP contribution in [0.3, 0.4) is 0 Å². The maximum Gasteiger partial charge on any atom is 0.350 e. The number of nitrogens with zero attached hydrogens (tertiary/aromatic N) is 1. The van der Waals surface area contributed by atoms with Crippen LogP contribution < -0.4 is 0 Å². The third-order valence-corrected chi connectivity index (χ3v) is 3.52. The van der Waals surface area contributed by atoms with Crippen molar-refractivity contribution in [1.82, 2.24) is 4.98 Å². The van der Waals surface area contributed by atoms with Crippen molar-refractivity contribution in [1.29, 1.82) is 0 Å². The molecule has 5 nitrogen and oxygen atoms in total. The van der Waals surface area contributed by atoms with Crippen molar-refractivity contribution < 1.29 is 19.1 Å². The molecule has 0 atom stereocenters. The van der Waals surface area contributed by atoms with Gasteiger partial charge in [0.05, 0.1) is 25.3 Å². The Kier molecular flexibility index (Phi) is 5.83. The summed E-state index contributed by atoms with van der Waals surface area (Å²) in [6, 6.07) is 0. The number of carbonyl (C=O) groups excluding carboxylic acids is 2. The van der Waals surface area contributed by atoms with E-state index in [1.807, 2.05) is 22.6 Å². The van der Waals surface area contributed by atoms with Gasteiger partial charge in [0.25, 0.3) is 0 Å². The van der Waals surface area contributed by atoms with Crippen molar-refractivity contribution in [2.45, 2.75) is 20.3 Å². The van der Waals surface area contributed by atoms with Crippen molar-refractivity contribution >= 4 is 45.9 Å². The minimum absolute atomic E-state index is 0.00148. The number of ether oxygens (including phenoxy) is 2. The van der Waals surface area contributed by atoms with Gasteiger partial charge in [0, 0.05) is 0 Å². The summed E-state index contributed by atoms with van der Waals surface area (Å²) in [6.07, 6.45) is 0.00148. The maximum atomic E-state index is 11.6. The van der Waals surface area contributed by atoms with Crippen molar-refractivity contribution in [3.05, 3.63) is 13.6 Å². The lowest BCUT2D eigenvalue weighted by atomic mass is 10.3. The minimum Gasteiger partial charge on any atom is -0.466 e. The van der Waals surface area contributed by atoms with Crippen LogP contribution in [0.25, 0.3) is 0 Å². The Morgan fingerprint density at radius 1 is 1.29 bits per heavy atom. The lowest BCUT2D eigenvalue weighted by Gasteiger charge is -2.02. The fraction of sp³-hybridized carbons (Fsp3) is 0.500. The molecule has 0 bridgehead atoms. The van der Waals surface area contributed by atoms with Gasteiger partial charge in [-0.05, 0) is 36.4 Å². The van der Waals surface area contributed by atoms with E-state index in [1.54, 1.807) is 13.8 Å². The number of hydrogen-bond acceptors (Lipinski definition) is 6. The topological polar surface area (TPSA) is 65.5 Å². The van der Waals surface area contributed by atoms with Crippen molar-refractivity contribution in [2.75, 3.05) is 13.2 Å². The Bertz CT molecular complexity index is 418. The molecular weight excluding hydrogens is 357 g/mol. The van der Waals surface area contributed by atoms with Gasteiger partial charge in [0.1, 0.15) is 4.88 Å². The molecule has 0 aliphatic heterocycles. The van der Waals surface area contributed by atoms with Crippen LogP contribution in [0.5, 0.6) is 0 Å². The van der Waals surface area contributed by atoms with Gasteiger partial charge in [0.2, 0.25) is 0 Å². The largest absolute Gasteiger partial charge is 0.466 e. The predicted octanol–water partition coefficient (Wildman–Crippen LogP) is 2.03. The smallest absolute Gasteiger partial charge is 0.350 e. The Hall–Kier alpha value is -0.700. The van der Waals surface area contributed by atoms with Gasteiger partial charge < -0.3 is 9.47 Å².